The van der Waals surface area contributed by atoms with Gasteiger partial charge in [0, 0.05) is 17.0 Å². The number of rotatable bonds is 3. The van der Waals surface area contributed by atoms with Crippen LogP contribution in [0.25, 0.3) is 21.6 Å². The van der Waals surface area contributed by atoms with Crippen LogP contribution in [0.3, 0.4) is 0 Å². The quantitative estimate of drug-likeness (QED) is 0.760. The van der Waals surface area contributed by atoms with E-state index in [1.807, 2.05) is 0 Å². The van der Waals surface area contributed by atoms with Crippen molar-refractivity contribution in [1.29, 1.82) is 0 Å². The lowest BCUT2D eigenvalue weighted by molar-refractivity contribution is 1.15. The molecule has 0 saturated carbocycles. The Morgan fingerprint density at radius 3 is 2.43 bits per heavy atom. The van der Waals surface area contributed by atoms with Crippen LogP contribution in [-0.4, -0.2) is 16.5 Å². The van der Waals surface area contributed by atoms with Gasteiger partial charge in [-0.05, 0) is 33.3 Å². The summed E-state index contributed by atoms with van der Waals surface area (Å²) in [6.07, 6.45) is 0. The third-order valence-corrected chi connectivity index (χ3v) is 4.78. The second kappa shape index (κ2) is 5.45. The second-order valence-electron chi connectivity index (χ2n) is 5.26. The number of thiophene rings is 1. The highest BCUT2D eigenvalue weighted by Crippen LogP contribution is 2.34. The van der Waals surface area contributed by atoms with Crippen LogP contribution >= 0.6 is 11.3 Å². The molecule has 21 heavy (non-hydrogen) atoms. The van der Waals surface area contributed by atoms with Crippen LogP contribution < -0.4 is 5.32 Å². The summed E-state index contributed by atoms with van der Waals surface area (Å²) in [6.45, 7) is 9.32. The summed E-state index contributed by atoms with van der Waals surface area (Å²) in [5, 5.41) is 4.54. The highest BCUT2D eigenvalue weighted by Gasteiger charge is 2.14. The van der Waals surface area contributed by atoms with Crippen molar-refractivity contribution in [3.05, 3.63) is 40.3 Å². The third kappa shape index (κ3) is 2.51. The largest absolute Gasteiger partial charge is 0.370 e. The number of hydrogen-bond acceptors (Lipinski definition) is 4. The highest BCUT2D eigenvalue weighted by atomic mass is 32.1. The molecule has 1 aromatic carbocycles. The molecule has 0 amide bonds. The summed E-state index contributed by atoms with van der Waals surface area (Å²) >= 11 is 1.74. The molecular formula is C17H19N3S. The number of benzene rings is 1. The first-order chi connectivity index (χ1) is 10.1. The lowest BCUT2D eigenvalue weighted by Gasteiger charge is -2.08. The van der Waals surface area contributed by atoms with Gasteiger partial charge in [-0.3, -0.25) is 0 Å². The number of nitrogens with zero attached hydrogens (tertiary/aromatic N) is 2. The van der Waals surface area contributed by atoms with E-state index in [4.69, 9.17) is 9.97 Å². The van der Waals surface area contributed by atoms with Gasteiger partial charge in [-0.25, -0.2) is 9.97 Å². The number of aryl methyl sites for hydroxylation is 3. The van der Waals surface area contributed by atoms with E-state index in [9.17, 15) is 0 Å². The molecule has 1 N–H and O–H groups in total. The van der Waals surface area contributed by atoms with Gasteiger partial charge < -0.3 is 5.32 Å². The zero-order chi connectivity index (χ0) is 15.0. The van der Waals surface area contributed by atoms with Crippen LogP contribution in [-0.2, 0) is 0 Å². The highest BCUT2D eigenvalue weighted by molar-refractivity contribution is 7.18. The Hall–Kier alpha value is -1.94. The maximum absolute atomic E-state index is 4.77. The summed E-state index contributed by atoms with van der Waals surface area (Å²) in [5.41, 5.74) is 3.58. The average Bonchev–Trinajstić information content (AvgIpc) is 2.75. The topological polar surface area (TPSA) is 37.8 Å². The van der Waals surface area contributed by atoms with Crippen molar-refractivity contribution in [1.82, 2.24) is 9.97 Å². The lowest BCUT2D eigenvalue weighted by atomic mass is 10.1. The molecule has 0 aliphatic carbocycles. The Morgan fingerprint density at radius 1 is 1.05 bits per heavy atom. The fourth-order valence-corrected chi connectivity index (χ4v) is 3.41. The van der Waals surface area contributed by atoms with Crippen LogP contribution in [0.1, 0.15) is 22.9 Å². The van der Waals surface area contributed by atoms with E-state index in [0.29, 0.717) is 0 Å². The second-order valence-corrected chi connectivity index (χ2v) is 6.46. The molecule has 0 saturated heterocycles. The average molecular weight is 297 g/mol. The van der Waals surface area contributed by atoms with Crippen molar-refractivity contribution in [2.45, 2.75) is 27.7 Å². The van der Waals surface area contributed by atoms with Crippen molar-refractivity contribution in [3.8, 4) is 11.4 Å². The maximum Gasteiger partial charge on any atom is 0.163 e. The molecule has 3 nitrogen and oxygen atoms in total. The molecular weight excluding hydrogens is 278 g/mol. The maximum atomic E-state index is 4.77. The Labute approximate surface area is 129 Å². The first-order valence-corrected chi connectivity index (χ1v) is 8.00. The molecule has 0 atom stereocenters. The van der Waals surface area contributed by atoms with Crippen LogP contribution in [0.5, 0.6) is 0 Å². The van der Waals surface area contributed by atoms with Crippen LogP contribution in [0.15, 0.2) is 24.3 Å². The summed E-state index contributed by atoms with van der Waals surface area (Å²) in [7, 11) is 0. The fourth-order valence-electron chi connectivity index (χ4n) is 2.38. The smallest absolute Gasteiger partial charge is 0.163 e. The molecule has 0 fully saturated rings. The van der Waals surface area contributed by atoms with Crippen molar-refractivity contribution < 1.29 is 0 Å². The summed E-state index contributed by atoms with van der Waals surface area (Å²) in [6, 6.07) is 8.36. The minimum atomic E-state index is 0.791. The summed E-state index contributed by atoms with van der Waals surface area (Å²) < 4.78 is 0. The minimum Gasteiger partial charge on any atom is -0.370 e. The molecule has 0 spiro atoms. The van der Waals surface area contributed by atoms with Gasteiger partial charge in [-0.2, -0.15) is 0 Å². The van der Waals surface area contributed by atoms with Crippen LogP contribution in [0.4, 0.5) is 5.82 Å². The van der Waals surface area contributed by atoms with Crippen LogP contribution in [0.2, 0.25) is 0 Å². The molecule has 2 heterocycles. The van der Waals surface area contributed by atoms with E-state index in [1.165, 1.54) is 16.0 Å². The van der Waals surface area contributed by atoms with Gasteiger partial charge >= 0.3 is 0 Å². The van der Waals surface area contributed by atoms with E-state index in [2.05, 4.69) is 57.3 Å². The van der Waals surface area contributed by atoms with Gasteiger partial charge in [0.1, 0.15) is 10.6 Å². The fraction of sp³-hybridized carbons (Fsp3) is 0.294. The molecule has 2 aromatic heterocycles. The van der Waals surface area contributed by atoms with E-state index in [0.717, 1.165) is 34.0 Å². The summed E-state index contributed by atoms with van der Waals surface area (Å²) in [4.78, 5) is 11.9. The minimum absolute atomic E-state index is 0.791. The predicted molar refractivity (Wildman–Crippen MR) is 91.2 cm³/mol. The monoisotopic (exact) mass is 297 g/mol. The van der Waals surface area contributed by atoms with Crippen molar-refractivity contribution in [3.63, 3.8) is 0 Å². The predicted octanol–water partition coefficient (Wildman–Crippen LogP) is 4.72. The van der Waals surface area contributed by atoms with Gasteiger partial charge in [0.05, 0.1) is 5.39 Å². The molecule has 0 radical (unpaired) electrons. The molecule has 0 aliphatic rings. The Morgan fingerprint density at radius 2 is 1.76 bits per heavy atom. The molecule has 0 unspecified atom stereocenters. The van der Waals surface area contributed by atoms with Crippen molar-refractivity contribution in [2.75, 3.05) is 11.9 Å². The van der Waals surface area contributed by atoms with E-state index < -0.39 is 0 Å². The first kappa shape index (κ1) is 14.0. The first-order valence-electron chi connectivity index (χ1n) is 7.18. The van der Waals surface area contributed by atoms with Crippen LogP contribution in [0, 0.1) is 20.8 Å². The number of aromatic nitrogens is 2. The Balaban J connectivity index is 2.23. The SMILES string of the molecule is CCNc1nc(-c2ccc(C)cc2)nc2sc(C)c(C)c12. The van der Waals surface area contributed by atoms with E-state index in [-0.39, 0.29) is 0 Å². The van der Waals surface area contributed by atoms with Gasteiger partial charge in [0.25, 0.3) is 0 Å². The number of hydrogen-bond donors (Lipinski definition) is 1. The molecule has 108 valence electrons. The van der Waals surface area contributed by atoms with Gasteiger partial charge in [0.15, 0.2) is 5.82 Å². The van der Waals surface area contributed by atoms with Gasteiger partial charge in [-0.1, -0.05) is 29.8 Å². The van der Waals surface area contributed by atoms with Gasteiger partial charge in [-0.15, -0.1) is 11.3 Å². The third-order valence-electron chi connectivity index (χ3n) is 3.68. The Kier molecular flexibility index (Phi) is 3.64. The number of nitrogens with one attached hydrogen (secondary N) is 1. The normalized spacial score (nSPS) is 11.0. The lowest BCUT2D eigenvalue weighted by Crippen LogP contribution is -2.02. The molecule has 3 aromatic rings. The van der Waals surface area contributed by atoms with Crippen molar-refractivity contribution >= 4 is 27.4 Å². The van der Waals surface area contributed by atoms with E-state index >= 15 is 0 Å². The molecule has 4 heteroatoms. The number of anilines is 1. The molecule has 0 aliphatic heterocycles. The van der Waals surface area contributed by atoms with Crippen molar-refractivity contribution in [2.24, 2.45) is 0 Å². The summed E-state index contributed by atoms with van der Waals surface area (Å²) in [5.74, 6) is 1.74. The zero-order valence-electron chi connectivity index (χ0n) is 12.8. The zero-order valence-corrected chi connectivity index (χ0v) is 13.6. The molecule has 0 bridgehead atoms. The molecule has 3 rings (SSSR count). The standard InChI is InChI=1S/C17H19N3S/c1-5-18-16-14-11(3)12(4)21-17(14)20-15(19-16)13-8-6-10(2)7-9-13/h6-9H,5H2,1-4H3,(H,18,19,20). The Bertz CT molecular complexity index is 788. The number of fused-ring (bicyclic) bond motifs is 1. The van der Waals surface area contributed by atoms with Gasteiger partial charge in [0.2, 0.25) is 0 Å². The van der Waals surface area contributed by atoms with E-state index in [1.54, 1.807) is 11.3 Å².